The van der Waals surface area contributed by atoms with Crippen LogP contribution in [0.15, 0.2) is 34.9 Å². The van der Waals surface area contributed by atoms with Gasteiger partial charge >= 0.3 is 0 Å². The molecular weight excluding hydrogens is 259 g/mol. The Bertz CT molecular complexity index is 590. The monoisotopic (exact) mass is 276 g/mol. The van der Waals surface area contributed by atoms with E-state index in [1.807, 2.05) is 32.9 Å². The zero-order valence-corrected chi connectivity index (χ0v) is 11.8. The highest BCUT2D eigenvalue weighted by Crippen LogP contribution is 2.15. The number of carbonyl (C=O) groups excluding carboxylic acids is 1. The van der Waals surface area contributed by atoms with E-state index in [1.165, 1.54) is 18.3 Å². The highest BCUT2D eigenvalue weighted by Gasteiger charge is 2.20. The number of halogens is 1. The molecule has 0 N–H and O–H groups in total. The zero-order valence-electron chi connectivity index (χ0n) is 11.8. The molecule has 5 heteroatoms. The number of furan rings is 1. The van der Waals surface area contributed by atoms with Crippen molar-refractivity contribution in [1.82, 2.24) is 9.88 Å². The third kappa shape index (κ3) is 3.23. The van der Waals surface area contributed by atoms with Crippen LogP contribution in [0.5, 0.6) is 0 Å². The van der Waals surface area contributed by atoms with E-state index in [1.54, 1.807) is 4.90 Å². The van der Waals surface area contributed by atoms with Gasteiger partial charge in [0.05, 0.1) is 12.1 Å². The van der Waals surface area contributed by atoms with Crippen LogP contribution in [0.3, 0.4) is 0 Å². The molecule has 2 rings (SSSR count). The quantitative estimate of drug-likeness (QED) is 0.806. The molecule has 20 heavy (non-hydrogen) atoms. The summed E-state index contributed by atoms with van der Waals surface area (Å²) in [7, 11) is 0. The molecule has 0 aliphatic heterocycles. The van der Waals surface area contributed by atoms with Gasteiger partial charge in [0.2, 0.25) is 5.95 Å². The summed E-state index contributed by atoms with van der Waals surface area (Å²) in [5, 5.41) is 0. The fraction of sp³-hybridized carbons (Fsp3) is 0.333. The van der Waals surface area contributed by atoms with E-state index in [2.05, 4.69) is 4.98 Å². The fourth-order valence-corrected chi connectivity index (χ4v) is 1.90. The summed E-state index contributed by atoms with van der Waals surface area (Å²) < 4.78 is 18.3. The summed E-state index contributed by atoms with van der Waals surface area (Å²) in [5.74, 6) is 0.736. The number of nitrogens with zero attached hydrogens (tertiary/aromatic N) is 2. The summed E-state index contributed by atoms with van der Waals surface area (Å²) in [6, 6.07) is 6.33. The number of carbonyl (C=O) groups is 1. The number of pyridine rings is 1. The number of hydrogen-bond donors (Lipinski definition) is 0. The van der Waals surface area contributed by atoms with E-state index in [9.17, 15) is 9.18 Å². The minimum atomic E-state index is -0.598. The van der Waals surface area contributed by atoms with Crippen LogP contribution in [0.1, 0.15) is 35.7 Å². The van der Waals surface area contributed by atoms with E-state index >= 15 is 0 Å². The van der Waals surface area contributed by atoms with Crippen molar-refractivity contribution in [1.29, 1.82) is 0 Å². The van der Waals surface area contributed by atoms with E-state index in [0.717, 1.165) is 11.5 Å². The van der Waals surface area contributed by atoms with Crippen LogP contribution in [-0.2, 0) is 6.54 Å². The molecule has 0 saturated heterocycles. The Hall–Kier alpha value is -2.17. The molecule has 0 aliphatic rings. The smallest absolute Gasteiger partial charge is 0.256 e. The number of hydrogen-bond acceptors (Lipinski definition) is 3. The molecule has 0 aliphatic carbocycles. The van der Waals surface area contributed by atoms with Crippen LogP contribution in [0.4, 0.5) is 4.39 Å². The number of amides is 1. The molecule has 0 atom stereocenters. The van der Waals surface area contributed by atoms with Crippen LogP contribution in [0, 0.1) is 12.9 Å². The third-order valence-electron chi connectivity index (χ3n) is 2.98. The Kier molecular flexibility index (Phi) is 4.17. The number of rotatable bonds is 4. The van der Waals surface area contributed by atoms with Crippen LogP contribution in [0.2, 0.25) is 0 Å². The molecule has 0 spiro atoms. The molecule has 2 aromatic heterocycles. The number of aryl methyl sites for hydroxylation is 1. The first-order valence-corrected chi connectivity index (χ1v) is 6.45. The summed E-state index contributed by atoms with van der Waals surface area (Å²) in [4.78, 5) is 17.6. The minimum absolute atomic E-state index is 0.00189. The Morgan fingerprint density at radius 1 is 1.35 bits per heavy atom. The van der Waals surface area contributed by atoms with E-state index in [-0.39, 0.29) is 11.9 Å². The van der Waals surface area contributed by atoms with Gasteiger partial charge in [-0.2, -0.15) is 4.39 Å². The van der Waals surface area contributed by atoms with Gasteiger partial charge in [-0.1, -0.05) is 0 Å². The van der Waals surface area contributed by atoms with Crippen molar-refractivity contribution in [3.8, 4) is 0 Å². The maximum Gasteiger partial charge on any atom is 0.256 e. The first-order valence-electron chi connectivity index (χ1n) is 6.45. The van der Waals surface area contributed by atoms with Gasteiger partial charge in [-0.15, -0.1) is 0 Å². The second-order valence-electron chi connectivity index (χ2n) is 4.91. The lowest BCUT2D eigenvalue weighted by Crippen LogP contribution is -2.36. The van der Waals surface area contributed by atoms with Crippen molar-refractivity contribution in [3.05, 3.63) is 53.5 Å². The molecule has 2 heterocycles. The maximum absolute atomic E-state index is 12.8. The zero-order chi connectivity index (χ0) is 14.7. The number of aromatic nitrogens is 1. The molecule has 4 nitrogen and oxygen atoms in total. The van der Waals surface area contributed by atoms with Gasteiger partial charge in [0.25, 0.3) is 5.91 Å². The van der Waals surface area contributed by atoms with Gasteiger partial charge in [-0.3, -0.25) is 4.79 Å². The highest BCUT2D eigenvalue weighted by molar-refractivity contribution is 5.94. The first kappa shape index (κ1) is 14.2. The summed E-state index contributed by atoms with van der Waals surface area (Å²) in [6.45, 7) is 6.08. The Balaban J connectivity index is 2.19. The molecule has 0 fully saturated rings. The average molecular weight is 276 g/mol. The predicted molar refractivity (Wildman–Crippen MR) is 72.6 cm³/mol. The van der Waals surface area contributed by atoms with E-state index in [0.29, 0.717) is 12.1 Å². The van der Waals surface area contributed by atoms with Crippen molar-refractivity contribution >= 4 is 5.91 Å². The van der Waals surface area contributed by atoms with E-state index < -0.39 is 5.95 Å². The Morgan fingerprint density at radius 2 is 2.10 bits per heavy atom. The highest BCUT2D eigenvalue weighted by atomic mass is 19.1. The normalized spacial score (nSPS) is 10.8. The van der Waals surface area contributed by atoms with Gasteiger partial charge in [0, 0.05) is 12.2 Å². The average Bonchev–Trinajstić information content (AvgIpc) is 2.81. The van der Waals surface area contributed by atoms with E-state index in [4.69, 9.17) is 4.42 Å². The van der Waals surface area contributed by atoms with Crippen LogP contribution >= 0.6 is 0 Å². The fourth-order valence-electron chi connectivity index (χ4n) is 1.90. The lowest BCUT2D eigenvalue weighted by atomic mass is 10.2. The molecule has 0 bridgehead atoms. The van der Waals surface area contributed by atoms with Crippen molar-refractivity contribution in [2.24, 2.45) is 0 Å². The van der Waals surface area contributed by atoms with Crippen LogP contribution in [0.25, 0.3) is 0 Å². The maximum atomic E-state index is 12.8. The van der Waals surface area contributed by atoms with Gasteiger partial charge in [0.1, 0.15) is 11.5 Å². The predicted octanol–water partition coefficient (Wildman–Crippen LogP) is 3.17. The van der Waals surface area contributed by atoms with Gasteiger partial charge in [-0.05, 0) is 45.0 Å². The lowest BCUT2D eigenvalue weighted by Gasteiger charge is -2.25. The van der Waals surface area contributed by atoms with Crippen LogP contribution < -0.4 is 0 Å². The third-order valence-corrected chi connectivity index (χ3v) is 2.98. The molecule has 106 valence electrons. The van der Waals surface area contributed by atoms with Crippen molar-refractivity contribution in [3.63, 3.8) is 0 Å². The van der Waals surface area contributed by atoms with Crippen molar-refractivity contribution in [2.45, 2.75) is 33.4 Å². The van der Waals surface area contributed by atoms with Crippen LogP contribution in [-0.4, -0.2) is 21.8 Å². The van der Waals surface area contributed by atoms with Gasteiger partial charge in [-0.25, -0.2) is 4.98 Å². The van der Waals surface area contributed by atoms with Gasteiger partial charge in [0.15, 0.2) is 0 Å². The second-order valence-corrected chi connectivity index (χ2v) is 4.91. The standard InChI is InChI=1S/C15H17FN2O2/c1-10(2)18(9-13-6-4-11(3)20-13)15(19)12-5-7-14(16)17-8-12/h4-8,10H,9H2,1-3H3. The SMILES string of the molecule is Cc1ccc(CN(C(=O)c2ccc(F)nc2)C(C)C)o1. The minimum Gasteiger partial charge on any atom is -0.464 e. The Labute approximate surface area is 117 Å². The molecular formula is C15H17FN2O2. The van der Waals surface area contributed by atoms with Crippen molar-refractivity contribution < 1.29 is 13.6 Å². The van der Waals surface area contributed by atoms with Crippen molar-refractivity contribution in [2.75, 3.05) is 0 Å². The summed E-state index contributed by atoms with van der Waals surface area (Å²) in [5.41, 5.74) is 0.364. The summed E-state index contributed by atoms with van der Waals surface area (Å²) >= 11 is 0. The molecule has 0 unspecified atom stereocenters. The molecule has 0 radical (unpaired) electrons. The Morgan fingerprint density at radius 3 is 2.60 bits per heavy atom. The molecule has 0 saturated carbocycles. The topological polar surface area (TPSA) is 46.3 Å². The molecule has 0 aromatic carbocycles. The molecule has 1 amide bonds. The largest absolute Gasteiger partial charge is 0.464 e. The second kappa shape index (κ2) is 5.86. The van der Waals surface area contributed by atoms with Gasteiger partial charge < -0.3 is 9.32 Å². The lowest BCUT2D eigenvalue weighted by molar-refractivity contribution is 0.0675. The summed E-state index contributed by atoms with van der Waals surface area (Å²) in [6.07, 6.45) is 1.25. The molecule has 2 aromatic rings. The first-order chi connectivity index (χ1) is 9.47.